The van der Waals surface area contributed by atoms with Crippen LogP contribution >= 0.6 is 0 Å². The van der Waals surface area contributed by atoms with Gasteiger partial charge in [0.25, 0.3) is 10.1 Å². The Kier molecular flexibility index (Phi) is 3.41. The number of aryl methyl sites for hydroxylation is 1. The van der Waals surface area contributed by atoms with Crippen LogP contribution in [-0.4, -0.2) is 24.1 Å². The van der Waals surface area contributed by atoms with Crippen LogP contribution in [0.2, 0.25) is 0 Å². The van der Waals surface area contributed by atoms with Crippen LogP contribution in [-0.2, 0) is 21.3 Å². The van der Waals surface area contributed by atoms with E-state index in [-0.39, 0.29) is 5.91 Å². The van der Waals surface area contributed by atoms with Gasteiger partial charge in [-0.1, -0.05) is 24.3 Å². The van der Waals surface area contributed by atoms with Gasteiger partial charge in [-0.05, 0) is 24.0 Å². The molecule has 1 amide bonds. The summed E-state index contributed by atoms with van der Waals surface area (Å²) >= 11 is 0. The van der Waals surface area contributed by atoms with Gasteiger partial charge in [-0.2, -0.15) is 8.42 Å². The fourth-order valence-corrected chi connectivity index (χ4v) is 3.41. The third-order valence-electron chi connectivity index (χ3n) is 3.20. The first-order valence-electron chi connectivity index (χ1n) is 5.71. The molecule has 0 aromatic heterocycles. The van der Waals surface area contributed by atoms with Gasteiger partial charge in [0.2, 0.25) is 5.91 Å². The first-order valence-corrected chi connectivity index (χ1v) is 7.21. The van der Waals surface area contributed by atoms with Gasteiger partial charge >= 0.3 is 0 Å². The molecule has 0 spiro atoms. The molecule has 18 heavy (non-hydrogen) atoms. The Balaban J connectivity index is 2.46. The Bertz CT molecular complexity index is 567. The molecule has 1 aromatic carbocycles. The highest BCUT2D eigenvalue weighted by Crippen LogP contribution is 2.33. The number of amides is 1. The highest BCUT2D eigenvalue weighted by Gasteiger charge is 2.37. The van der Waals surface area contributed by atoms with Crippen LogP contribution in [0.15, 0.2) is 24.3 Å². The molecular weight excluding hydrogens is 254 g/mol. The zero-order valence-electron chi connectivity index (χ0n) is 9.96. The van der Waals surface area contributed by atoms with Crippen LogP contribution in [0.3, 0.4) is 0 Å². The summed E-state index contributed by atoms with van der Waals surface area (Å²) in [7, 11) is -4.18. The molecule has 0 saturated heterocycles. The molecule has 2 unspecified atom stereocenters. The van der Waals surface area contributed by atoms with Gasteiger partial charge < -0.3 is 5.32 Å². The Morgan fingerprint density at radius 2 is 2.06 bits per heavy atom. The zero-order valence-corrected chi connectivity index (χ0v) is 10.8. The lowest BCUT2D eigenvalue weighted by molar-refractivity contribution is -0.119. The second kappa shape index (κ2) is 4.70. The van der Waals surface area contributed by atoms with Crippen molar-refractivity contribution in [1.29, 1.82) is 0 Å². The van der Waals surface area contributed by atoms with Gasteiger partial charge in [0, 0.05) is 6.92 Å². The SMILES string of the molecule is CC(=O)NC1c2ccccc2CCC1S(=O)(=O)O. The summed E-state index contributed by atoms with van der Waals surface area (Å²) in [6, 6.07) is 6.68. The second-order valence-corrected chi connectivity index (χ2v) is 6.10. The number of carbonyl (C=O) groups excluding carboxylic acids is 1. The Morgan fingerprint density at radius 1 is 1.39 bits per heavy atom. The van der Waals surface area contributed by atoms with Crippen molar-refractivity contribution in [2.45, 2.75) is 31.1 Å². The van der Waals surface area contributed by atoms with Crippen molar-refractivity contribution >= 4 is 16.0 Å². The molecule has 2 N–H and O–H groups in total. The number of hydrogen-bond donors (Lipinski definition) is 2. The molecule has 1 aliphatic rings. The number of benzene rings is 1. The third-order valence-corrected chi connectivity index (χ3v) is 4.47. The van der Waals surface area contributed by atoms with E-state index < -0.39 is 21.4 Å². The molecular formula is C12H15NO4S. The van der Waals surface area contributed by atoms with E-state index in [0.717, 1.165) is 11.1 Å². The number of carbonyl (C=O) groups is 1. The number of fused-ring (bicyclic) bond motifs is 1. The van der Waals surface area contributed by atoms with Gasteiger partial charge in [0.15, 0.2) is 0 Å². The first-order chi connectivity index (χ1) is 8.39. The summed E-state index contributed by atoms with van der Waals surface area (Å²) in [5, 5.41) is 1.64. The molecule has 0 aliphatic heterocycles. The number of nitrogens with one attached hydrogen (secondary N) is 1. The summed E-state index contributed by atoms with van der Waals surface area (Å²) in [6.45, 7) is 1.33. The van der Waals surface area contributed by atoms with E-state index in [2.05, 4.69) is 5.32 Å². The average molecular weight is 269 g/mol. The maximum Gasteiger partial charge on any atom is 0.270 e. The lowest BCUT2D eigenvalue weighted by Gasteiger charge is -2.31. The van der Waals surface area contributed by atoms with Crippen molar-refractivity contribution in [3.63, 3.8) is 0 Å². The Labute approximate surface area is 106 Å². The van der Waals surface area contributed by atoms with E-state index in [1.54, 1.807) is 12.1 Å². The van der Waals surface area contributed by atoms with Crippen molar-refractivity contribution in [3.05, 3.63) is 35.4 Å². The van der Waals surface area contributed by atoms with Crippen molar-refractivity contribution in [3.8, 4) is 0 Å². The summed E-state index contributed by atoms with van der Waals surface area (Å²) in [5.41, 5.74) is 1.78. The Hall–Kier alpha value is -1.40. The van der Waals surface area contributed by atoms with Crippen molar-refractivity contribution in [2.75, 3.05) is 0 Å². The molecule has 1 aliphatic carbocycles. The summed E-state index contributed by atoms with van der Waals surface area (Å²) < 4.78 is 32.1. The summed E-state index contributed by atoms with van der Waals surface area (Å²) in [6.07, 6.45) is 0.886. The normalized spacial score (nSPS) is 23.2. The number of rotatable bonds is 2. The zero-order chi connectivity index (χ0) is 13.3. The standard InChI is InChI=1S/C12H15NO4S/c1-8(14)13-12-10-5-3-2-4-9(10)6-7-11(12)18(15,16)17/h2-5,11-12H,6-7H2,1H3,(H,13,14)(H,15,16,17). The summed E-state index contributed by atoms with van der Waals surface area (Å²) in [5.74, 6) is -0.314. The van der Waals surface area contributed by atoms with Crippen LogP contribution in [0.1, 0.15) is 30.5 Å². The van der Waals surface area contributed by atoms with Crippen LogP contribution < -0.4 is 5.32 Å². The van der Waals surface area contributed by atoms with Gasteiger partial charge in [0.1, 0.15) is 5.25 Å². The van der Waals surface area contributed by atoms with Gasteiger partial charge in [-0.25, -0.2) is 0 Å². The van der Waals surface area contributed by atoms with Crippen LogP contribution in [0.5, 0.6) is 0 Å². The van der Waals surface area contributed by atoms with Crippen molar-refractivity contribution in [1.82, 2.24) is 5.32 Å². The minimum absolute atomic E-state index is 0.306. The summed E-state index contributed by atoms with van der Waals surface area (Å²) in [4.78, 5) is 11.2. The fourth-order valence-electron chi connectivity index (χ4n) is 2.44. The maximum atomic E-state index is 11.4. The smallest absolute Gasteiger partial charge is 0.270 e. The first kappa shape index (κ1) is 13.0. The van der Waals surface area contributed by atoms with Crippen molar-refractivity contribution in [2.24, 2.45) is 0 Å². The predicted molar refractivity (Wildman–Crippen MR) is 66.7 cm³/mol. The minimum atomic E-state index is -4.18. The molecule has 5 nitrogen and oxygen atoms in total. The molecule has 1 aromatic rings. The Morgan fingerprint density at radius 3 is 2.67 bits per heavy atom. The van der Waals surface area contributed by atoms with Crippen molar-refractivity contribution < 1.29 is 17.8 Å². The predicted octanol–water partition coefficient (Wildman–Crippen LogP) is 1.07. The maximum absolute atomic E-state index is 11.4. The van der Waals surface area contributed by atoms with Crippen LogP contribution in [0.4, 0.5) is 0 Å². The minimum Gasteiger partial charge on any atom is -0.348 e. The average Bonchev–Trinajstić information content (AvgIpc) is 2.27. The van der Waals surface area contributed by atoms with Crippen LogP contribution in [0.25, 0.3) is 0 Å². The van der Waals surface area contributed by atoms with E-state index in [1.807, 2.05) is 12.1 Å². The second-order valence-electron chi connectivity index (χ2n) is 4.47. The molecule has 0 bridgehead atoms. The molecule has 98 valence electrons. The lowest BCUT2D eigenvalue weighted by Crippen LogP contribution is -2.42. The largest absolute Gasteiger partial charge is 0.348 e. The van der Waals surface area contributed by atoms with E-state index >= 15 is 0 Å². The van der Waals surface area contributed by atoms with E-state index in [1.165, 1.54) is 6.92 Å². The molecule has 0 heterocycles. The molecule has 2 rings (SSSR count). The van der Waals surface area contributed by atoms with E-state index in [4.69, 9.17) is 0 Å². The van der Waals surface area contributed by atoms with Gasteiger partial charge in [-0.3, -0.25) is 9.35 Å². The molecule has 0 fully saturated rings. The third kappa shape index (κ3) is 2.54. The monoisotopic (exact) mass is 269 g/mol. The quantitative estimate of drug-likeness (QED) is 0.787. The van der Waals surface area contributed by atoms with E-state index in [9.17, 15) is 17.8 Å². The molecule has 6 heteroatoms. The highest BCUT2D eigenvalue weighted by molar-refractivity contribution is 7.86. The topological polar surface area (TPSA) is 83.5 Å². The molecule has 2 atom stereocenters. The highest BCUT2D eigenvalue weighted by atomic mass is 32.2. The molecule has 0 saturated carbocycles. The number of hydrogen-bond acceptors (Lipinski definition) is 3. The molecule has 0 radical (unpaired) electrons. The van der Waals surface area contributed by atoms with Gasteiger partial charge in [0.05, 0.1) is 6.04 Å². The van der Waals surface area contributed by atoms with Crippen LogP contribution in [0, 0.1) is 0 Å². The van der Waals surface area contributed by atoms with Gasteiger partial charge in [-0.15, -0.1) is 0 Å². The van der Waals surface area contributed by atoms with E-state index in [0.29, 0.717) is 12.8 Å². The lowest BCUT2D eigenvalue weighted by atomic mass is 9.87. The fraction of sp³-hybridized carbons (Fsp3) is 0.417.